The Labute approximate surface area is 166 Å². The third-order valence-electron chi connectivity index (χ3n) is 5.07. The minimum atomic E-state index is -3.80. The molecule has 0 aliphatic carbocycles. The van der Waals surface area contributed by atoms with Gasteiger partial charge < -0.3 is 9.64 Å². The number of amides is 1. The Morgan fingerprint density at radius 2 is 1.79 bits per heavy atom. The van der Waals surface area contributed by atoms with Crippen LogP contribution in [0.15, 0.2) is 53.4 Å². The number of ether oxygens (including phenoxy) is 1. The lowest BCUT2D eigenvalue weighted by Crippen LogP contribution is -2.46. The number of hydrogen-bond donors (Lipinski definition) is 1. The zero-order valence-corrected chi connectivity index (χ0v) is 17.2. The van der Waals surface area contributed by atoms with Gasteiger partial charge in [0.05, 0.1) is 24.1 Å². The minimum Gasteiger partial charge on any atom is -0.497 e. The zero-order valence-electron chi connectivity index (χ0n) is 16.4. The molecule has 1 N–H and O–H groups in total. The van der Waals surface area contributed by atoms with Crippen LogP contribution in [0.5, 0.6) is 5.75 Å². The van der Waals surface area contributed by atoms with Gasteiger partial charge in [-0.05, 0) is 56.5 Å². The summed E-state index contributed by atoms with van der Waals surface area (Å²) >= 11 is 0. The molecule has 1 saturated heterocycles. The number of carbonyl (C=O) groups is 1. The van der Waals surface area contributed by atoms with Crippen LogP contribution < -0.4 is 9.46 Å². The summed E-state index contributed by atoms with van der Waals surface area (Å²) in [5, 5.41) is 0. The number of likely N-dealkylation sites (tertiary alicyclic amines) is 1. The summed E-state index contributed by atoms with van der Waals surface area (Å²) in [5.41, 5.74) is 2.25. The van der Waals surface area contributed by atoms with Crippen molar-refractivity contribution in [3.05, 3.63) is 59.7 Å². The third-order valence-corrected chi connectivity index (χ3v) is 6.63. The van der Waals surface area contributed by atoms with Crippen LogP contribution in [0.3, 0.4) is 0 Å². The van der Waals surface area contributed by atoms with Gasteiger partial charge in [-0.2, -0.15) is 4.72 Å². The lowest BCUT2D eigenvalue weighted by molar-refractivity contribution is -0.133. The van der Waals surface area contributed by atoms with Gasteiger partial charge in [-0.1, -0.05) is 29.8 Å². The molecular weight excluding hydrogens is 376 g/mol. The van der Waals surface area contributed by atoms with Gasteiger partial charge in [-0.3, -0.25) is 4.79 Å². The number of benzene rings is 2. The number of aryl methyl sites for hydroxylation is 1. The number of hydrogen-bond acceptors (Lipinski definition) is 4. The maximum atomic E-state index is 13.0. The number of nitrogens with zero attached hydrogens (tertiary/aromatic N) is 1. The highest BCUT2D eigenvalue weighted by molar-refractivity contribution is 7.89. The Morgan fingerprint density at radius 1 is 1.14 bits per heavy atom. The van der Waals surface area contributed by atoms with Crippen LogP contribution in [0.2, 0.25) is 0 Å². The van der Waals surface area contributed by atoms with Crippen LogP contribution in [0.1, 0.15) is 36.9 Å². The van der Waals surface area contributed by atoms with Crippen LogP contribution >= 0.6 is 0 Å². The molecule has 2 aromatic carbocycles. The second kappa shape index (κ2) is 8.32. The highest BCUT2D eigenvalue weighted by atomic mass is 32.2. The summed E-state index contributed by atoms with van der Waals surface area (Å²) < 4.78 is 32.8. The van der Waals surface area contributed by atoms with E-state index in [1.165, 1.54) is 24.8 Å². The second-order valence-corrected chi connectivity index (χ2v) is 8.83. The Kier molecular flexibility index (Phi) is 6.05. The van der Waals surface area contributed by atoms with Gasteiger partial charge in [-0.25, -0.2) is 8.42 Å². The van der Waals surface area contributed by atoms with Crippen LogP contribution in [0.4, 0.5) is 0 Å². The first kappa shape index (κ1) is 20.4. The maximum Gasteiger partial charge on any atom is 0.241 e. The van der Waals surface area contributed by atoms with E-state index in [1.807, 2.05) is 31.2 Å². The van der Waals surface area contributed by atoms with Crippen molar-refractivity contribution in [1.82, 2.24) is 9.62 Å². The number of nitrogens with one attached hydrogen (secondary N) is 1. The number of carbonyl (C=O) groups excluding carboxylic acids is 1. The van der Waals surface area contributed by atoms with Crippen molar-refractivity contribution in [2.75, 3.05) is 13.7 Å². The predicted molar refractivity (Wildman–Crippen MR) is 108 cm³/mol. The number of rotatable bonds is 6. The molecule has 7 heteroatoms. The molecule has 2 unspecified atom stereocenters. The van der Waals surface area contributed by atoms with Crippen molar-refractivity contribution in [2.45, 2.75) is 43.7 Å². The maximum absolute atomic E-state index is 13.0. The van der Waals surface area contributed by atoms with Crippen molar-refractivity contribution in [3.8, 4) is 5.75 Å². The summed E-state index contributed by atoms with van der Waals surface area (Å²) in [6.45, 7) is 4.25. The molecule has 0 aromatic heterocycles. The van der Waals surface area contributed by atoms with Gasteiger partial charge in [0.15, 0.2) is 0 Å². The standard InChI is InChI=1S/C21H26N2O4S/c1-15-6-8-17(9-7-15)20-5-4-14-23(20)21(24)16(2)22-28(25,26)19-12-10-18(27-3)11-13-19/h6-13,16,20,22H,4-5,14H2,1-3H3. The van der Waals surface area contributed by atoms with E-state index in [2.05, 4.69) is 4.72 Å². The van der Waals surface area contributed by atoms with E-state index in [9.17, 15) is 13.2 Å². The first-order valence-corrected chi connectivity index (χ1v) is 10.8. The quantitative estimate of drug-likeness (QED) is 0.806. The average Bonchev–Trinajstić information content (AvgIpc) is 3.17. The van der Waals surface area contributed by atoms with Gasteiger partial charge in [-0.15, -0.1) is 0 Å². The molecule has 1 fully saturated rings. The molecule has 1 aliphatic rings. The van der Waals surface area contributed by atoms with Gasteiger partial charge >= 0.3 is 0 Å². The third kappa shape index (κ3) is 4.36. The first-order chi connectivity index (χ1) is 13.3. The molecule has 3 rings (SSSR count). The molecule has 1 heterocycles. The van der Waals surface area contributed by atoms with E-state index < -0.39 is 16.1 Å². The molecule has 28 heavy (non-hydrogen) atoms. The molecule has 0 radical (unpaired) electrons. The largest absolute Gasteiger partial charge is 0.497 e. The van der Waals surface area contributed by atoms with E-state index in [1.54, 1.807) is 24.0 Å². The van der Waals surface area contributed by atoms with E-state index in [-0.39, 0.29) is 16.8 Å². The Morgan fingerprint density at radius 3 is 2.39 bits per heavy atom. The molecule has 6 nitrogen and oxygen atoms in total. The molecular formula is C21H26N2O4S. The molecule has 2 atom stereocenters. The molecule has 0 saturated carbocycles. The summed E-state index contributed by atoms with van der Waals surface area (Å²) in [6, 6.07) is 13.4. The van der Waals surface area contributed by atoms with E-state index in [4.69, 9.17) is 4.74 Å². The molecule has 0 bridgehead atoms. The van der Waals surface area contributed by atoms with Crippen molar-refractivity contribution in [2.24, 2.45) is 0 Å². The fraction of sp³-hybridized carbons (Fsp3) is 0.381. The highest BCUT2D eigenvalue weighted by Gasteiger charge is 2.34. The SMILES string of the molecule is COc1ccc(S(=O)(=O)NC(C)C(=O)N2CCCC2c2ccc(C)cc2)cc1. The summed E-state index contributed by atoms with van der Waals surface area (Å²) in [7, 11) is -2.28. The van der Waals surface area contributed by atoms with Crippen LogP contribution in [-0.2, 0) is 14.8 Å². The van der Waals surface area contributed by atoms with Gasteiger partial charge in [0, 0.05) is 6.54 Å². The Balaban J connectivity index is 1.73. The van der Waals surface area contributed by atoms with E-state index in [0.29, 0.717) is 12.3 Å². The lowest BCUT2D eigenvalue weighted by Gasteiger charge is -2.28. The van der Waals surface area contributed by atoms with Crippen LogP contribution in [0.25, 0.3) is 0 Å². The monoisotopic (exact) mass is 402 g/mol. The van der Waals surface area contributed by atoms with Gasteiger partial charge in [0.2, 0.25) is 15.9 Å². The number of methoxy groups -OCH3 is 1. The van der Waals surface area contributed by atoms with Crippen LogP contribution in [-0.4, -0.2) is 38.9 Å². The average molecular weight is 403 g/mol. The van der Waals surface area contributed by atoms with E-state index in [0.717, 1.165) is 18.4 Å². The molecule has 1 aliphatic heterocycles. The van der Waals surface area contributed by atoms with Crippen molar-refractivity contribution < 1.29 is 17.9 Å². The lowest BCUT2D eigenvalue weighted by atomic mass is 10.0. The zero-order chi connectivity index (χ0) is 20.3. The summed E-state index contributed by atoms with van der Waals surface area (Å²) in [4.78, 5) is 14.9. The van der Waals surface area contributed by atoms with Crippen molar-refractivity contribution in [1.29, 1.82) is 0 Å². The fourth-order valence-electron chi connectivity index (χ4n) is 3.52. The highest BCUT2D eigenvalue weighted by Crippen LogP contribution is 2.32. The summed E-state index contributed by atoms with van der Waals surface area (Å²) in [5.74, 6) is 0.362. The topological polar surface area (TPSA) is 75.7 Å². The van der Waals surface area contributed by atoms with Gasteiger partial charge in [0.1, 0.15) is 5.75 Å². The fourth-order valence-corrected chi connectivity index (χ4v) is 4.72. The predicted octanol–water partition coefficient (Wildman–Crippen LogP) is 3.03. The van der Waals surface area contributed by atoms with Crippen LogP contribution in [0, 0.1) is 6.92 Å². The summed E-state index contributed by atoms with van der Waals surface area (Å²) in [6.07, 6.45) is 1.79. The van der Waals surface area contributed by atoms with Crippen molar-refractivity contribution >= 4 is 15.9 Å². The van der Waals surface area contributed by atoms with Crippen molar-refractivity contribution in [3.63, 3.8) is 0 Å². The Hall–Kier alpha value is -2.38. The smallest absolute Gasteiger partial charge is 0.241 e. The minimum absolute atomic E-state index is 0.0129. The number of sulfonamides is 1. The van der Waals surface area contributed by atoms with Gasteiger partial charge in [0.25, 0.3) is 0 Å². The molecule has 0 spiro atoms. The first-order valence-electron chi connectivity index (χ1n) is 9.35. The second-order valence-electron chi connectivity index (χ2n) is 7.12. The molecule has 1 amide bonds. The molecule has 150 valence electrons. The molecule has 2 aromatic rings. The normalized spacial score (nSPS) is 18.1. The van der Waals surface area contributed by atoms with E-state index >= 15 is 0 Å². The Bertz CT molecular complexity index is 924.